The number of aromatic nitrogens is 2. The Labute approximate surface area is 147 Å². The number of carbonyl (C=O) groups is 1. The van der Waals surface area contributed by atoms with Crippen molar-refractivity contribution in [3.05, 3.63) is 17.8 Å². The third-order valence-corrected chi connectivity index (χ3v) is 4.97. The normalized spacial score (nSPS) is 20.4. The predicted octanol–water partition coefficient (Wildman–Crippen LogP) is 2.75. The summed E-state index contributed by atoms with van der Waals surface area (Å²) in [5.41, 5.74) is -1.49. The highest BCUT2D eigenvalue weighted by molar-refractivity contribution is 5.80. The van der Waals surface area contributed by atoms with Crippen molar-refractivity contribution in [2.24, 2.45) is 5.92 Å². The highest BCUT2D eigenvalue weighted by Crippen LogP contribution is 2.33. The van der Waals surface area contributed by atoms with Gasteiger partial charge in [0.25, 0.3) is 0 Å². The summed E-state index contributed by atoms with van der Waals surface area (Å²) in [7, 11) is 0. The van der Waals surface area contributed by atoms with E-state index < -0.39 is 16.9 Å². The fourth-order valence-electron chi connectivity index (χ4n) is 3.14. The number of nitrogens with one attached hydrogen (secondary N) is 1. The van der Waals surface area contributed by atoms with Crippen LogP contribution in [0.15, 0.2) is 6.33 Å². The molecule has 1 aromatic rings. The number of amides is 1. The zero-order chi connectivity index (χ0) is 18.2. The van der Waals surface area contributed by atoms with Gasteiger partial charge in [-0.2, -0.15) is 0 Å². The number of rotatable bonds is 4. The van der Waals surface area contributed by atoms with Crippen LogP contribution < -0.4 is 10.2 Å². The predicted molar refractivity (Wildman–Crippen MR) is 91.7 cm³/mol. The first-order chi connectivity index (χ1) is 11.7. The highest BCUT2D eigenvalue weighted by atomic mass is 19.1. The van der Waals surface area contributed by atoms with Crippen LogP contribution >= 0.6 is 0 Å². The third kappa shape index (κ3) is 4.07. The van der Waals surface area contributed by atoms with E-state index in [1.54, 1.807) is 4.90 Å². The summed E-state index contributed by atoms with van der Waals surface area (Å²) in [6, 6.07) is 0. The number of piperidine rings is 1. The molecule has 7 heteroatoms. The molecule has 0 atom stereocenters. The number of anilines is 1. The number of hydrogen-bond donors (Lipinski definition) is 1. The van der Waals surface area contributed by atoms with Gasteiger partial charge in [0.2, 0.25) is 5.91 Å². The van der Waals surface area contributed by atoms with Crippen molar-refractivity contribution in [1.82, 2.24) is 15.3 Å². The van der Waals surface area contributed by atoms with E-state index in [1.807, 2.05) is 20.8 Å². The van der Waals surface area contributed by atoms with Gasteiger partial charge < -0.3 is 10.2 Å². The molecule has 1 saturated heterocycles. The number of carbonyl (C=O) groups excluding carboxylic acids is 1. The Morgan fingerprint density at radius 2 is 1.96 bits per heavy atom. The van der Waals surface area contributed by atoms with E-state index in [1.165, 1.54) is 6.33 Å². The van der Waals surface area contributed by atoms with Crippen molar-refractivity contribution in [2.45, 2.75) is 57.5 Å². The van der Waals surface area contributed by atoms with Gasteiger partial charge in [0.15, 0.2) is 11.6 Å². The molecule has 1 saturated carbocycles. The van der Waals surface area contributed by atoms with E-state index >= 15 is 0 Å². The average molecular weight is 352 g/mol. The zero-order valence-electron chi connectivity index (χ0n) is 15.1. The number of nitrogens with zero attached hydrogens (tertiary/aromatic N) is 3. The third-order valence-electron chi connectivity index (χ3n) is 4.97. The maximum atomic E-state index is 14.9. The van der Waals surface area contributed by atoms with E-state index in [4.69, 9.17) is 0 Å². The monoisotopic (exact) mass is 352 g/mol. The van der Waals surface area contributed by atoms with Crippen LogP contribution in [0.25, 0.3) is 0 Å². The minimum atomic E-state index is -1.43. The van der Waals surface area contributed by atoms with Gasteiger partial charge in [-0.05, 0) is 12.8 Å². The van der Waals surface area contributed by atoms with Gasteiger partial charge in [-0.25, -0.2) is 18.7 Å². The van der Waals surface area contributed by atoms with E-state index in [2.05, 4.69) is 15.3 Å². The maximum absolute atomic E-state index is 14.9. The summed E-state index contributed by atoms with van der Waals surface area (Å²) in [5, 5.41) is 2.72. The minimum absolute atomic E-state index is 0.0374. The van der Waals surface area contributed by atoms with Gasteiger partial charge in [0.1, 0.15) is 12.0 Å². The Hall–Kier alpha value is -1.79. The first-order valence-electron chi connectivity index (χ1n) is 8.92. The first-order valence-corrected chi connectivity index (χ1v) is 8.92. The van der Waals surface area contributed by atoms with Gasteiger partial charge in [-0.1, -0.05) is 20.8 Å². The maximum Gasteiger partial charge on any atom is 0.223 e. The zero-order valence-corrected chi connectivity index (χ0v) is 15.1. The lowest BCUT2D eigenvalue weighted by molar-refractivity contribution is -0.123. The van der Waals surface area contributed by atoms with E-state index in [0.29, 0.717) is 18.8 Å². The van der Waals surface area contributed by atoms with Crippen molar-refractivity contribution in [3.8, 4) is 0 Å². The molecule has 138 valence electrons. The number of halogens is 2. The van der Waals surface area contributed by atoms with Crippen LogP contribution in [-0.4, -0.2) is 41.2 Å². The van der Waals surface area contributed by atoms with E-state index in [9.17, 15) is 13.6 Å². The molecule has 2 heterocycles. The molecule has 5 nitrogen and oxygen atoms in total. The Balaban J connectivity index is 1.63. The number of hydrogen-bond acceptors (Lipinski definition) is 4. The topological polar surface area (TPSA) is 58.1 Å². The second kappa shape index (κ2) is 6.50. The van der Waals surface area contributed by atoms with E-state index in [-0.39, 0.29) is 37.0 Å². The lowest BCUT2D eigenvalue weighted by Gasteiger charge is -2.37. The summed E-state index contributed by atoms with van der Waals surface area (Å²) < 4.78 is 29.7. The second-order valence-electron chi connectivity index (χ2n) is 8.24. The fourth-order valence-corrected chi connectivity index (χ4v) is 3.14. The fraction of sp³-hybridized carbons (Fsp3) is 0.722. The van der Waals surface area contributed by atoms with Gasteiger partial charge in [-0.15, -0.1) is 0 Å². The first kappa shape index (κ1) is 18.0. The molecule has 0 bridgehead atoms. The van der Waals surface area contributed by atoms with Crippen molar-refractivity contribution >= 4 is 11.7 Å². The van der Waals surface area contributed by atoms with Crippen LogP contribution in [0.4, 0.5) is 14.6 Å². The molecule has 0 spiro atoms. The van der Waals surface area contributed by atoms with Crippen molar-refractivity contribution in [1.29, 1.82) is 0 Å². The average Bonchev–Trinajstić information content (AvgIpc) is 3.38. The van der Waals surface area contributed by atoms with E-state index in [0.717, 1.165) is 12.8 Å². The molecule has 25 heavy (non-hydrogen) atoms. The summed E-state index contributed by atoms with van der Waals surface area (Å²) in [6.07, 6.45) is 3.66. The molecule has 1 aliphatic heterocycles. The molecule has 0 aromatic carbocycles. The van der Waals surface area contributed by atoms with Gasteiger partial charge in [0, 0.05) is 37.3 Å². The van der Waals surface area contributed by atoms with Crippen LogP contribution in [0.1, 0.15) is 52.1 Å². The summed E-state index contributed by atoms with van der Waals surface area (Å²) in [5.74, 6) is -0.155. The summed E-state index contributed by atoms with van der Waals surface area (Å²) in [6.45, 7) is 6.46. The van der Waals surface area contributed by atoms with Crippen LogP contribution in [0.2, 0.25) is 0 Å². The Kier molecular flexibility index (Phi) is 4.68. The number of alkyl halides is 1. The van der Waals surface area contributed by atoms with Crippen molar-refractivity contribution in [3.63, 3.8) is 0 Å². The Morgan fingerprint density at radius 3 is 2.52 bits per heavy atom. The Morgan fingerprint density at radius 1 is 1.32 bits per heavy atom. The van der Waals surface area contributed by atoms with Gasteiger partial charge in [-0.3, -0.25) is 4.79 Å². The largest absolute Gasteiger partial charge is 0.354 e. The van der Waals surface area contributed by atoms with Crippen molar-refractivity contribution < 1.29 is 13.6 Å². The lowest BCUT2D eigenvalue weighted by atomic mass is 9.90. The Bertz CT molecular complexity index is 647. The molecule has 0 unspecified atom stereocenters. The highest BCUT2D eigenvalue weighted by Gasteiger charge is 2.38. The van der Waals surface area contributed by atoms with Crippen LogP contribution in [0, 0.1) is 11.7 Å². The second-order valence-corrected chi connectivity index (χ2v) is 8.24. The van der Waals surface area contributed by atoms with Crippen LogP contribution in [0.3, 0.4) is 0 Å². The molecular weight excluding hydrogens is 326 g/mol. The summed E-state index contributed by atoms with van der Waals surface area (Å²) in [4.78, 5) is 21.6. The van der Waals surface area contributed by atoms with Crippen LogP contribution in [-0.2, 0) is 10.2 Å². The minimum Gasteiger partial charge on any atom is -0.354 e. The molecule has 1 aliphatic carbocycles. The SMILES string of the molecule is CC(C)(C)c1ncnc(N2CCC(F)(CNC(=O)C3CC3)CC2)c1F. The molecule has 3 rings (SSSR count). The van der Waals surface area contributed by atoms with Crippen molar-refractivity contribution in [2.75, 3.05) is 24.5 Å². The molecule has 2 fully saturated rings. The molecule has 1 amide bonds. The molecule has 1 aromatic heterocycles. The summed E-state index contributed by atoms with van der Waals surface area (Å²) >= 11 is 0. The molecule has 1 N–H and O–H groups in total. The quantitative estimate of drug-likeness (QED) is 0.905. The van der Waals surface area contributed by atoms with Gasteiger partial charge in [0.05, 0.1) is 12.2 Å². The van der Waals surface area contributed by atoms with Crippen LogP contribution in [0.5, 0.6) is 0 Å². The molecular formula is C18H26F2N4O. The van der Waals surface area contributed by atoms with Gasteiger partial charge >= 0.3 is 0 Å². The molecule has 2 aliphatic rings. The smallest absolute Gasteiger partial charge is 0.223 e. The molecule has 0 radical (unpaired) electrons. The standard InChI is InChI=1S/C18H26F2N4O/c1-17(2,3)14-13(19)15(23-11-22-14)24-8-6-18(20,7-9-24)10-21-16(25)12-4-5-12/h11-12H,4-10H2,1-3H3,(H,21,25). The lowest BCUT2D eigenvalue weighted by Crippen LogP contribution is -2.49.